The fraction of sp³-hybridized carbons (Fsp3) is 0.235. The molecule has 6 heteroatoms. The Morgan fingerprint density at radius 3 is 2.39 bits per heavy atom. The summed E-state index contributed by atoms with van der Waals surface area (Å²) in [5.41, 5.74) is 2.14. The number of nitrogens with one attached hydrogen (secondary N) is 1. The van der Waals surface area contributed by atoms with Gasteiger partial charge < -0.3 is 15.0 Å². The Morgan fingerprint density at radius 1 is 1.09 bits per heavy atom. The summed E-state index contributed by atoms with van der Waals surface area (Å²) in [5, 5.41) is 3.65. The van der Waals surface area contributed by atoms with Gasteiger partial charge in [-0.15, -0.1) is 0 Å². The van der Waals surface area contributed by atoms with Gasteiger partial charge in [0.05, 0.1) is 10.0 Å². The second kappa shape index (κ2) is 8.09. The second-order valence-corrected chi connectivity index (χ2v) is 6.02. The fourth-order valence-corrected chi connectivity index (χ4v) is 2.17. The molecular weight excluding hydrogens is 335 g/mol. The van der Waals surface area contributed by atoms with E-state index in [1.165, 1.54) is 0 Å². The number of amides is 1. The summed E-state index contributed by atoms with van der Waals surface area (Å²) in [5.74, 6) is 0.303. The van der Waals surface area contributed by atoms with Crippen molar-refractivity contribution in [3.05, 3.63) is 58.1 Å². The van der Waals surface area contributed by atoms with E-state index < -0.39 is 0 Å². The zero-order valence-corrected chi connectivity index (χ0v) is 14.5. The smallest absolute Gasteiger partial charge is 0.258 e. The first-order valence-electron chi connectivity index (χ1n) is 7.06. The van der Waals surface area contributed by atoms with Crippen molar-refractivity contribution in [2.75, 3.05) is 25.6 Å². The monoisotopic (exact) mass is 352 g/mol. The maximum atomic E-state index is 11.8. The van der Waals surface area contributed by atoms with E-state index in [1.54, 1.807) is 18.2 Å². The molecule has 0 aliphatic heterocycles. The van der Waals surface area contributed by atoms with E-state index in [0.717, 1.165) is 11.3 Å². The molecule has 1 amide bonds. The lowest BCUT2D eigenvalue weighted by Gasteiger charge is -2.13. The second-order valence-electron chi connectivity index (χ2n) is 5.20. The molecule has 0 aliphatic carbocycles. The molecule has 2 aromatic rings. The van der Waals surface area contributed by atoms with E-state index in [2.05, 4.69) is 5.32 Å². The molecule has 0 heterocycles. The molecule has 0 aliphatic rings. The summed E-state index contributed by atoms with van der Waals surface area (Å²) in [6.07, 6.45) is 0. The Balaban J connectivity index is 1.79. The lowest BCUT2D eigenvalue weighted by molar-refractivity contribution is -0.123. The molecule has 0 atom stereocenters. The SMILES string of the molecule is CN(C)c1ccc(CNC(=O)COc2ccc(Cl)c(Cl)c2)cc1. The average Bonchev–Trinajstić information content (AvgIpc) is 2.54. The van der Waals surface area contributed by atoms with Crippen LogP contribution in [0.15, 0.2) is 42.5 Å². The van der Waals surface area contributed by atoms with Crippen LogP contribution < -0.4 is 15.0 Å². The topological polar surface area (TPSA) is 41.6 Å². The van der Waals surface area contributed by atoms with E-state index in [1.807, 2.05) is 43.3 Å². The zero-order chi connectivity index (χ0) is 16.8. The highest BCUT2D eigenvalue weighted by molar-refractivity contribution is 6.42. The Bertz CT molecular complexity index is 673. The largest absolute Gasteiger partial charge is 0.484 e. The van der Waals surface area contributed by atoms with Gasteiger partial charge in [0.15, 0.2) is 6.61 Å². The van der Waals surface area contributed by atoms with Crippen LogP contribution in [0.3, 0.4) is 0 Å². The van der Waals surface area contributed by atoms with Crippen LogP contribution in [0.2, 0.25) is 10.0 Å². The third-order valence-electron chi connectivity index (χ3n) is 3.20. The van der Waals surface area contributed by atoms with Crippen molar-refractivity contribution in [2.45, 2.75) is 6.54 Å². The minimum atomic E-state index is -0.201. The molecule has 0 radical (unpaired) electrons. The average molecular weight is 353 g/mol. The molecule has 23 heavy (non-hydrogen) atoms. The van der Waals surface area contributed by atoms with E-state index in [0.29, 0.717) is 22.3 Å². The minimum Gasteiger partial charge on any atom is -0.484 e. The molecule has 0 fully saturated rings. The van der Waals surface area contributed by atoms with Gasteiger partial charge in [0.25, 0.3) is 5.91 Å². The number of hydrogen-bond donors (Lipinski definition) is 1. The van der Waals surface area contributed by atoms with Crippen molar-refractivity contribution in [3.63, 3.8) is 0 Å². The van der Waals surface area contributed by atoms with Gasteiger partial charge in [-0.2, -0.15) is 0 Å². The molecule has 1 N–H and O–H groups in total. The Kier molecular flexibility index (Phi) is 6.13. The number of hydrogen-bond acceptors (Lipinski definition) is 3. The Hall–Kier alpha value is -1.91. The van der Waals surface area contributed by atoms with Crippen LogP contribution in [0.5, 0.6) is 5.75 Å². The van der Waals surface area contributed by atoms with Crippen molar-refractivity contribution in [1.29, 1.82) is 0 Å². The highest BCUT2D eigenvalue weighted by Crippen LogP contribution is 2.26. The molecule has 0 spiro atoms. The summed E-state index contributed by atoms with van der Waals surface area (Å²) < 4.78 is 5.38. The first-order chi connectivity index (χ1) is 11.0. The number of carbonyl (C=O) groups is 1. The van der Waals surface area contributed by atoms with Gasteiger partial charge >= 0.3 is 0 Å². The Labute approximate surface area is 146 Å². The van der Waals surface area contributed by atoms with Crippen LogP contribution in [0.25, 0.3) is 0 Å². The highest BCUT2D eigenvalue weighted by atomic mass is 35.5. The normalized spacial score (nSPS) is 10.3. The van der Waals surface area contributed by atoms with E-state index >= 15 is 0 Å². The molecule has 122 valence electrons. The first-order valence-corrected chi connectivity index (χ1v) is 7.82. The third-order valence-corrected chi connectivity index (χ3v) is 3.94. The van der Waals surface area contributed by atoms with Crippen molar-refractivity contribution < 1.29 is 9.53 Å². The van der Waals surface area contributed by atoms with Crippen molar-refractivity contribution in [1.82, 2.24) is 5.32 Å². The van der Waals surface area contributed by atoms with E-state index in [4.69, 9.17) is 27.9 Å². The van der Waals surface area contributed by atoms with E-state index in [-0.39, 0.29) is 12.5 Å². The summed E-state index contributed by atoms with van der Waals surface area (Å²) in [4.78, 5) is 13.8. The predicted molar refractivity (Wildman–Crippen MR) is 94.6 cm³/mol. The maximum Gasteiger partial charge on any atom is 0.258 e. The number of benzene rings is 2. The highest BCUT2D eigenvalue weighted by Gasteiger charge is 2.05. The molecule has 0 saturated heterocycles. The summed E-state index contributed by atoms with van der Waals surface area (Å²) >= 11 is 11.7. The summed E-state index contributed by atoms with van der Waals surface area (Å²) in [6, 6.07) is 12.9. The predicted octanol–water partition coefficient (Wildman–Crippen LogP) is 3.75. The lowest BCUT2D eigenvalue weighted by Crippen LogP contribution is -2.28. The van der Waals surface area contributed by atoms with Gasteiger partial charge in [-0.25, -0.2) is 0 Å². The molecule has 0 bridgehead atoms. The van der Waals surface area contributed by atoms with Crippen molar-refractivity contribution in [2.24, 2.45) is 0 Å². The molecule has 4 nitrogen and oxygen atoms in total. The van der Waals surface area contributed by atoms with Gasteiger partial charge in [-0.1, -0.05) is 35.3 Å². The molecule has 0 unspecified atom stereocenters. The lowest BCUT2D eigenvalue weighted by atomic mass is 10.2. The number of nitrogens with zero attached hydrogens (tertiary/aromatic N) is 1. The summed E-state index contributed by atoms with van der Waals surface area (Å²) in [6.45, 7) is 0.380. The Morgan fingerprint density at radius 2 is 1.78 bits per heavy atom. The molecule has 0 saturated carbocycles. The molecule has 2 aromatic carbocycles. The van der Waals surface area contributed by atoms with Gasteiger partial charge in [0.1, 0.15) is 5.75 Å². The van der Waals surface area contributed by atoms with Crippen LogP contribution in [0.1, 0.15) is 5.56 Å². The van der Waals surface area contributed by atoms with Crippen LogP contribution >= 0.6 is 23.2 Å². The van der Waals surface area contributed by atoms with Gasteiger partial charge in [0, 0.05) is 32.4 Å². The van der Waals surface area contributed by atoms with E-state index in [9.17, 15) is 4.79 Å². The van der Waals surface area contributed by atoms with Crippen LogP contribution in [0, 0.1) is 0 Å². The fourth-order valence-electron chi connectivity index (χ4n) is 1.88. The van der Waals surface area contributed by atoms with Gasteiger partial charge in [-0.05, 0) is 29.8 Å². The first kappa shape index (κ1) is 17.4. The quantitative estimate of drug-likeness (QED) is 0.860. The molecular formula is C17H18Cl2N2O2. The summed E-state index contributed by atoms with van der Waals surface area (Å²) in [7, 11) is 3.97. The van der Waals surface area contributed by atoms with Gasteiger partial charge in [-0.3, -0.25) is 4.79 Å². The van der Waals surface area contributed by atoms with Crippen LogP contribution in [-0.2, 0) is 11.3 Å². The number of halogens is 2. The number of anilines is 1. The van der Waals surface area contributed by atoms with Crippen LogP contribution in [0.4, 0.5) is 5.69 Å². The number of rotatable bonds is 6. The maximum absolute atomic E-state index is 11.8. The third kappa shape index (κ3) is 5.34. The van der Waals surface area contributed by atoms with Crippen LogP contribution in [-0.4, -0.2) is 26.6 Å². The van der Waals surface area contributed by atoms with Crippen molar-refractivity contribution in [3.8, 4) is 5.75 Å². The molecule has 2 rings (SSSR count). The molecule has 0 aromatic heterocycles. The minimum absolute atomic E-state index is 0.0757. The number of carbonyl (C=O) groups excluding carboxylic acids is 1. The van der Waals surface area contributed by atoms with Gasteiger partial charge in [0.2, 0.25) is 0 Å². The van der Waals surface area contributed by atoms with Crippen molar-refractivity contribution >= 4 is 34.8 Å². The number of ether oxygens (including phenoxy) is 1. The standard InChI is InChI=1S/C17H18Cl2N2O2/c1-21(2)13-5-3-12(4-6-13)10-20-17(22)11-23-14-7-8-15(18)16(19)9-14/h3-9H,10-11H2,1-2H3,(H,20,22). The zero-order valence-electron chi connectivity index (χ0n) is 13.0.